The van der Waals surface area contributed by atoms with Crippen LogP contribution in [-0.2, 0) is 20.1 Å². The van der Waals surface area contributed by atoms with Gasteiger partial charge in [-0.1, -0.05) is 19.1 Å². The summed E-state index contributed by atoms with van der Waals surface area (Å²) in [5.74, 6) is 1.82. The van der Waals surface area contributed by atoms with Crippen LogP contribution in [0.15, 0.2) is 24.5 Å². The number of hydrogen-bond acceptors (Lipinski definition) is 4. The predicted molar refractivity (Wildman–Crippen MR) is 81.1 cm³/mol. The first-order chi connectivity index (χ1) is 10.3. The Morgan fingerprint density at radius 1 is 1.43 bits per heavy atom. The van der Waals surface area contributed by atoms with Gasteiger partial charge in [0.25, 0.3) is 0 Å². The Kier molecular flexibility index (Phi) is 4.20. The lowest BCUT2D eigenvalue weighted by Gasteiger charge is -2.27. The quantitative estimate of drug-likeness (QED) is 0.917. The first-order valence-corrected chi connectivity index (χ1v) is 7.60. The molecule has 0 fully saturated rings. The van der Waals surface area contributed by atoms with E-state index in [9.17, 15) is 0 Å². The molecule has 1 aliphatic carbocycles. The van der Waals surface area contributed by atoms with Gasteiger partial charge in [0.15, 0.2) is 5.82 Å². The highest BCUT2D eigenvalue weighted by Gasteiger charge is 2.22. The number of rotatable bonds is 5. The molecule has 1 heterocycles. The summed E-state index contributed by atoms with van der Waals surface area (Å²) < 4.78 is 7.89. The van der Waals surface area contributed by atoms with Crippen molar-refractivity contribution in [2.75, 3.05) is 6.54 Å². The Hall–Kier alpha value is -1.88. The zero-order chi connectivity index (χ0) is 14.7. The molecule has 0 saturated heterocycles. The summed E-state index contributed by atoms with van der Waals surface area (Å²) >= 11 is 0. The summed E-state index contributed by atoms with van der Waals surface area (Å²) in [5, 5.41) is 11.5. The lowest BCUT2D eigenvalue weighted by Crippen LogP contribution is -2.25. The van der Waals surface area contributed by atoms with Crippen LogP contribution in [0, 0.1) is 0 Å². The lowest BCUT2D eigenvalue weighted by molar-refractivity contribution is 0.285. The van der Waals surface area contributed by atoms with E-state index in [1.165, 1.54) is 24.0 Å². The van der Waals surface area contributed by atoms with E-state index in [0.29, 0.717) is 12.6 Å². The maximum atomic E-state index is 6.00. The highest BCUT2D eigenvalue weighted by atomic mass is 16.5. The van der Waals surface area contributed by atoms with E-state index in [2.05, 4.69) is 40.6 Å². The van der Waals surface area contributed by atoms with Crippen LogP contribution in [-0.4, -0.2) is 21.3 Å². The van der Waals surface area contributed by atoms with Crippen LogP contribution in [0.2, 0.25) is 0 Å². The molecule has 5 nitrogen and oxygen atoms in total. The average Bonchev–Trinajstić information content (AvgIpc) is 2.91. The van der Waals surface area contributed by atoms with Crippen LogP contribution in [0.4, 0.5) is 0 Å². The molecule has 1 atom stereocenters. The summed E-state index contributed by atoms with van der Waals surface area (Å²) in [6.45, 7) is 3.61. The molecule has 0 radical (unpaired) electrons. The van der Waals surface area contributed by atoms with E-state index < -0.39 is 0 Å². The standard InChI is InChI=1S/C16H22N4O/c1-3-17-14-8-4-7-13-12(14)6-5-9-15(13)21-10-16-19-18-11-20(16)2/h5-6,9,11,14,17H,3-4,7-8,10H2,1-2H3. The third-order valence-corrected chi connectivity index (χ3v) is 4.08. The molecule has 2 aromatic rings. The molecule has 1 aliphatic rings. The molecule has 0 amide bonds. The van der Waals surface area contributed by atoms with Crippen LogP contribution in [0.25, 0.3) is 0 Å². The summed E-state index contributed by atoms with van der Waals surface area (Å²) in [6.07, 6.45) is 5.19. The molecule has 1 aromatic heterocycles. The lowest BCUT2D eigenvalue weighted by atomic mass is 9.87. The molecular formula is C16H22N4O. The van der Waals surface area contributed by atoms with Gasteiger partial charge < -0.3 is 14.6 Å². The topological polar surface area (TPSA) is 52.0 Å². The van der Waals surface area contributed by atoms with Gasteiger partial charge in [-0.25, -0.2) is 0 Å². The summed E-state index contributed by atoms with van der Waals surface area (Å²) in [4.78, 5) is 0. The minimum Gasteiger partial charge on any atom is -0.485 e. The number of aromatic nitrogens is 3. The van der Waals surface area contributed by atoms with E-state index in [1.54, 1.807) is 6.33 Å². The van der Waals surface area contributed by atoms with E-state index in [4.69, 9.17) is 4.74 Å². The fraction of sp³-hybridized carbons (Fsp3) is 0.500. The molecule has 0 bridgehead atoms. The minimum atomic E-state index is 0.456. The smallest absolute Gasteiger partial charge is 0.170 e. The summed E-state index contributed by atoms with van der Waals surface area (Å²) in [6, 6.07) is 6.82. The monoisotopic (exact) mass is 286 g/mol. The van der Waals surface area contributed by atoms with Crippen molar-refractivity contribution < 1.29 is 4.74 Å². The first kappa shape index (κ1) is 14.1. The number of nitrogens with zero attached hydrogens (tertiary/aromatic N) is 3. The Balaban J connectivity index is 1.80. The first-order valence-electron chi connectivity index (χ1n) is 7.60. The molecule has 0 saturated carbocycles. The second-order valence-corrected chi connectivity index (χ2v) is 5.47. The Morgan fingerprint density at radius 3 is 3.10 bits per heavy atom. The maximum Gasteiger partial charge on any atom is 0.170 e. The van der Waals surface area contributed by atoms with Gasteiger partial charge in [0.2, 0.25) is 0 Å². The van der Waals surface area contributed by atoms with Gasteiger partial charge in [-0.2, -0.15) is 0 Å². The van der Waals surface area contributed by atoms with Crippen molar-refractivity contribution in [2.45, 2.75) is 38.8 Å². The Labute approximate surface area is 125 Å². The van der Waals surface area contributed by atoms with Crippen LogP contribution in [0.3, 0.4) is 0 Å². The van der Waals surface area contributed by atoms with Crippen molar-refractivity contribution in [3.05, 3.63) is 41.5 Å². The fourth-order valence-corrected chi connectivity index (χ4v) is 2.99. The average molecular weight is 286 g/mol. The van der Waals surface area contributed by atoms with Gasteiger partial charge >= 0.3 is 0 Å². The molecule has 0 spiro atoms. The maximum absolute atomic E-state index is 6.00. The largest absolute Gasteiger partial charge is 0.485 e. The third kappa shape index (κ3) is 2.93. The number of nitrogens with one attached hydrogen (secondary N) is 1. The van der Waals surface area contributed by atoms with Crippen molar-refractivity contribution in [3.63, 3.8) is 0 Å². The van der Waals surface area contributed by atoms with Crippen molar-refractivity contribution in [3.8, 4) is 5.75 Å². The Morgan fingerprint density at radius 2 is 2.33 bits per heavy atom. The summed E-state index contributed by atoms with van der Waals surface area (Å²) in [7, 11) is 1.93. The van der Waals surface area contributed by atoms with Gasteiger partial charge in [-0.05, 0) is 43.0 Å². The van der Waals surface area contributed by atoms with Gasteiger partial charge in [-0.3, -0.25) is 0 Å². The Bertz CT molecular complexity index is 608. The van der Waals surface area contributed by atoms with Gasteiger partial charge in [0.1, 0.15) is 18.7 Å². The second-order valence-electron chi connectivity index (χ2n) is 5.47. The van der Waals surface area contributed by atoms with Gasteiger partial charge in [0, 0.05) is 13.1 Å². The van der Waals surface area contributed by atoms with Crippen LogP contribution in [0.1, 0.15) is 42.8 Å². The van der Waals surface area contributed by atoms with E-state index in [-0.39, 0.29) is 0 Å². The molecule has 1 unspecified atom stereocenters. The molecule has 21 heavy (non-hydrogen) atoms. The number of ether oxygens (including phenoxy) is 1. The van der Waals surface area contributed by atoms with Crippen LogP contribution in [0.5, 0.6) is 5.75 Å². The van der Waals surface area contributed by atoms with Crippen molar-refractivity contribution >= 4 is 0 Å². The van der Waals surface area contributed by atoms with E-state index in [0.717, 1.165) is 24.5 Å². The number of aryl methyl sites for hydroxylation is 1. The predicted octanol–water partition coefficient (Wildman–Crippen LogP) is 2.38. The molecule has 0 aliphatic heterocycles. The molecular weight excluding hydrogens is 264 g/mol. The zero-order valence-corrected chi connectivity index (χ0v) is 12.7. The zero-order valence-electron chi connectivity index (χ0n) is 12.7. The van der Waals surface area contributed by atoms with Crippen LogP contribution >= 0.6 is 0 Å². The number of hydrogen-bond donors (Lipinski definition) is 1. The highest BCUT2D eigenvalue weighted by molar-refractivity contribution is 5.43. The fourth-order valence-electron chi connectivity index (χ4n) is 2.99. The van der Waals surface area contributed by atoms with Gasteiger partial charge in [0.05, 0.1) is 0 Å². The molecule has 5 heteroatoms. The molecule has 112 valence electrons. The molecule has 1 N–H and O–H groups in total. The van der Waals surface area contributed by atoms with Crippen molar-refractivity contribution in [2.24, 2.45) is 7.05 Å². The van der Waals surface area contributed by atoms with Crippen LogP contribution < -0.4 is 10.1 Å². The molecule has 3 rings (SSSR count). The van der Waals surface area contributed by atoms with Crippen molar-refractivity contribution in [1.82, 2.24) is 20.1 Å². The normalized spacial score (nSPS) is 17.5. The molecule has 1 aromatic carbocycles. The van der Waals surface area contributed by atoms with Crippen molar-refractivity contribution in [1.29, 1.82) is 0 Å². The highest BCUT2D eigenvalue weighted by Crippen LogP contribution is 2.35. The second kappa shape index (κ2) is 6.26. The number of fused-ring (bicyclic) bond motifs is 1. The SMILES string of the molecule is CCNC1CCCc2c(OCc3nncn3C)cccc21. The number of benzene rings is 1. The van der Waals surface area contributed by atoms with E-state index in [1.807, 2.05) is 11.6 Å². The third-order valence-electron chi connectivity index (χ3n) is 4.08. The van der Waals surface area contributed by atoms with Gasteiger partial charge in [-0.15, -0.1) is 10.2 Å². The van der Waals surface area contributed by atoms with E-state index >= 15 is 0 Å². The minimum absolute atomic E-state index is 0.456. The summed E-state index contributed by atoms with van der Waals surface area (Å²) in [5.41, 5.74) is 2.73.